The van der Waals surface area contributed by atoms with E-state index in [1.807, 2.05) is 66.4 Å². The van der Waals surface area contributed by atoms with Gasteiger partial charge in [0.05, 0.1) is 6.54 Å². The smallest absolute Gasteiger partial charge is 0.322 e. The van der Waals surface area contributed by atoms with Crippen LogP contribution in [0.1, 0.15) is 41.1 Å². The fourth-order valence-corrected chi connectivity index (χ4v) is 4.51. The molecule has 0 aliphatic rings. The predicted molar refractivity (Wildman–Crippen MR) is 136 cm³/mol. The van der Waals surface area contributed by atoms with Crippen LogP contribution in [0.2, 0.25) is 0 Å². The molecular weight excluding hydrogens is 430 g/mol. The minimum absolute atomic E-state index is 0.0455. The van der Waals surface area contributed by atoms with Gasteiger partial charge in [0.2, 0.25) is 5.91 Å². The number of hydrogen-bond donors (Lipinski definition) is 1. The van der Waals surface area contributed by atoms with Gasteiger partial charge in [0.25, 0.3) is 0 Å². The van der Waals surface area contributed by atoms with Crippen molar-refractivity contribution < 1.29 is 9.59 Å². The van der Waals surface area contributed by atoms with Gasteiger partial charge in [-0.05, 0) is 55.2 Å². The van der Waals surface area contributed by atoms with Crippen LogP contribution in [-0.4, -0.2) is 34.8 Å². The van der Waals surface area contributed by atoms with Crippen LogP contribution < -0.4 is 5.32 Å². The summed E-state index contributed by atoms with van der Waals surface area (Å²) in [5.74, 6) is -0.0603. The molecule has 3 rings (SSSR count). The number of benzene rings is 2. The van der Waals surface area contributed by atoms with Crippen molar-refractivity contribution in [3.05, 3.63) is 87.6 Å². The maximum Gasteiger partial charge on any atom is 0.322 e. The molecule has 0 spiro atoms. The number of carbonyl (C=O) groups excluding carboxylic acids is 2. The predicted octanol–water partition coefficient (Wildman–Crippen LogP) is 6.09. The lowest BCUT2D eigenvalue weighted by atomic mass is 10.1. The van der Waals surface area contributed by atoms with Gasteiger partial charge in [0, 0.05) is 28.5 Å². The summed E-state index contributed by atoms with van der Waals surface area (Å²) in [5, 5.41) is 2.94. The van der Waals surface area contributed by atoms with E-state index in [2.05, 4.69) is 31.3 Å². The van der Waals surface area contributed by atoms with Crippen molar-refractivity contribution in [1.82, 2.24) is 9.80 Å². The zero-order valence-electron chi connectivity index (χ0n) is 19.7. The van der Waals surface area contributed by atoms with Crippen LogP contribution in [0.4, 0.5) is 10.5 Å². The maximum absolute atomic E-state index is 13.4. The summed E-state index contributed by atoms with van der Waals surface area (Å²) in [4.78, 5) is 32.2. The minimum Gasteiger partial charge on any atom is -0.332 e. The Morgan fingerprint density at radius 2 is 1.58 bits per heavy atom. The van der Waals surface area contributed by atoms with Crippen LogP contribution in [0.3, 0.4) is 0 Å². The third-order valence-electron chi connectivity index (χ3n) is 5.43. The van der Waals surface area contributed by atoms with Crippen LogP contribution in [0, 0.1) is 6.92 Å². The highest BCUT2D eigenvalue weighted by atomic mass is 32.1. The van der Waals surface area contributed by atoms with Crippen molar-refractivity contribution in [2.24, 2.45) is 0 Å². The van der Waals surface area contributed by atoms with Gasteiger partial charge in [-0.25, -0.2) is 4.79 Å². The number of hydrogen-bond acceptors (Lipinski definition) is 3. The van der Waals surface area contributed by atoms with E-state index in [0.717, 1.165) is 29.0 Å². The molecule has 0 aliphatic carbocycles. The van der Waals surface area contributed by atoms with Crippen LogP contribution in [0.15, 0.2) is 66.7 Å². The number of nitrogens with one attached hydrogen (secondary N) is 1. The van der Waals surface area contributed by atoms with Crippen molar-refractivity contribution in [2.75, 3.05) is 18.4 Å². The second kappa shape index (κ2) is 12.2. The summed E-state index contributed by atoms with van der Waals surface area (Å²) < 4.78 is 0. The zero-order valence-corrected chi connectivity index (χ0v) is 20.5. The molecule has 5 nitrogen and oxygen atoms in total. The van der Waals surface area contributed by atoms with Crippen molar-refractivity contribution in [2.45, 2.75) is 46.7 Å². The van der Waals surface area contributed by atoms with E-state index in [1.165, 1.54) is 10.4 Å². The average molecular weight is 464 g/mol. The van der Waals surface area contributed by atoms with Gasteiger partial charge >= 0.3 is 6.03 Å². The molecule has 0 aliphatic heterocycles. The molecule has 0 fully saturated rings. The standard InChI is InChI=1S/C27H33N3O2S/c1-4-17-29(27(32)28-24-14-12-22(5-2)13-15-24)20-26(31)30(18-23-9-7-6-8-10-23)19-25-16-11-21(3)33-25/h6-16H,4-5,17-20H2,1-3H3,(H,28,32). The van der Waals surface area contributed by atoms with Crippen LogP contribution in [0.5, 0.6) is 0 Å². The highest BCUT2D eigenvalue weighted by Crippen LogP contribution is 2.19. The summed E-state index contributed by atoms with van der Waals surface area (Å²) >= 11 is 1.70. The SMILES string of the molecule is CCCN(CC(=O)N(Cc1ccccc1)Cc1ccc(C)s1)C(=O)Nc1ccc(CC)cc1. The zero-order chi connectivity index (χ0) is 23.6. The second-order valence-corrected chi connectivity index (χ2v) is 9.52. The number of carbonyl (C=O) groups is 2. The molecule has 2 aromatic carbocycles. The fraction of sp³-hybridized carbons (Fsp3) is 0.333. The van der Waals surface area contributed by atoms with Crippen molar-refractivity contribution in [3.63, 3.8) is 0 Å². The molecule has 174 valence electrons. The number of aryl methyl sites for hydroxylation is 2. The Labute approximate surface area is 201 Å². The van der Waals surface area contributed by atoms with Crippen LogP contribution >= 0.6 is 11.3 Å². The number of thiophene rings is 1. The Balaban J connectivity index is 1.72. The number of amides is 3. The maximum atomic E-state index is 13.4. The Morgan fingerprint density at radius 1 is 0.848 bits per heavy atom. The van der Waals surface area contributed by atoms with Gasteiger partial charge in [-0.3, -0.25) is 4.79 Å². The third-order valence-corrected chi connectivity index (χ3v) is 6.42. The lowest BCUT2D eigenvalue weighted by Gasteiger charge is -2.27. The first-order valence-corrected chi connectivity index (χ1v) is 12.3. The summed E-state index contributed by atoms with van der Waals surface area (Å²) in [6.45, 7) is 7.78. The number of urea groups is 1. The molecule has 3 amide bonds. The normalized spacial score (nSPS) is 10.6. The number of anilines is 1. The first-order valence-electron chi connectivity index (χ1n) is 11.5. The molecule has 0 unspecified atom stereocenters. The van der Waals surface area contributed by atoms with E-state index in [4.69, 9.17) is 0 Å². The first-order chi connectivity index (χ1) is 16.0. The molecular formula is C27H33N3O2S. The third kappa shape index (κ3) is 7.46. The fourth-order valence-electron chi connectivity index (χ4n) is 3.61. The Bertz CT molecular complexity index is 1030. The summed E-state index contributed by atoms with van der Waals surface area (Å²) in [5.41, 5.74) is 3.02. The molecule has 0 atom stereocenters. The molecule has 0 radical (unpaired) electrons. The van der Waals surface area contributed by atoms with Crippen LogP contribution in [-0.2, 0) is 24.3 Å². The number of nitrogens with zero attached hydrogens (tertiary/aromatic N) is 2. The molecule has 1 heterocycles. The van der Waals surface area contributed by atoms with Gasteiger partial charge in [0.1, 0.15) is 6.54 Å². The molecule has 33 heavy (non-hydrogen) atoms. The molecule has 1 N–H and O–H groups in total. The summed E-state index contributed by atoms with van der Waals surface area (Å²) in [7, 11) is 0. The Morgan fingerprint density at radius 3 is 2.18 bits per heavy atom. The minimum atomic E-state index is -0.249. The lowest BCUT2D eigenvalue weighted by molar-refractivity contribution is -0.133. The van der Waals surface area contributed by atoms with E-state index >= 15 is 0 Å². The van der Waals surface area contributed by atoms with Crippen molar-refractivity contribution >= 4 is 29.0 Å². The summed E-state index contributed by atoms with van der Waals surface area (Å²) in [6.07, 6.45) is 1.73. The highest BCUT2D eigenvalue weighted by Gasteiger charge is 2.22. The van der Waals surface area contributed by atoms with Gasteiger partial charge in [0.15, 0.2) is 0 Å². The lowest BCUT2D eigenvalue weighted by Crippen LogP contribution is -2.44. The quantitative estimate of drug-likeness (QED) is 0.395. The topological polar surface area (TPSA) is 52.7 Å². The van der Waals surface area contributed by atoms with E-state index in [1.54, 1.807) is 16.2 Å². The molecule has 6 heteroatoms. The van der Waals surface area contributed by atoms with Gasteiger partial charge < -0.3 is 15.1 Å². The van der Waals surface area contributed by atoms with Crippen molar-refractivity contribution in [3.8, 4) is 0 Å². The Hall–Kier alpha value is -3.12. The van der Waals surface area contributed by atoms with E-state index in [-0.39, 0.29) is 18.5 Å². The first kappa shape index (κ1) is 24.5. The van der Waals surface area contributed by atoms with E-state index in [9.17, 15) is 9.59 Å². The monoisotopic (exact) mass is 463 g/mol. The second-order valence-electron chi connectivity index (χ2n) is 8.15. The summed E-state index contributed by atoms with van der Waals surface area (Å²) in [6, 6.07) is 21.7. The Kier molecular flexibility index (Phi) is 9.07. The number of rotatable bonds is 10. The van der Waals surface area contributed by atoms with Crippen molar-refractivity contribution in [1.29, 1.82) is 0 Å². The molecule has 3 aromatic rings. The van der Waals surface area contributed by atoms with Gasteiger partial charge in [-0.1, -0.05) is 56.3 Å². The molecule has 0 bridgehead atoms. The largest absolute Gasteiger partial charge is 0.332 e. The average Bonchev–Trinajstić information content (AvgIpc) is 3.24. The van der Waals surface area contributed by atoms with Gasteiger partial charge in [-0.15, -0.1) is 11.3 Å². The van der Waals surface area contributed by atoms with E-state index in [0.29, 0.717) is 19.6 Å². The molecule has 0 saturated heterocycles. The molecule has 0 saturated carbocycles. The van der Waals surface area contributed by atoms with E-state index < -0.39 is 0 Å². The van der Waals surface area contributed by atoms with Gasteiger partial charge in [-0.2, -0.15) is 0 Å². The molecule has 1 aromatic heterocycles. The van der Waals surface area contributed by atoms with Crippen LogP contribution in [0.25, 0.3) is 0 Å². The highest BCUT2D eigenvalue weighted by molar-refractivity contribution is 7.11.